The lowest BCUT2D eigenvalue weighted by atomic mass is 9.65. The summed E-state index contributed by atoms with van der Waals surface area (Å²) < 4.78 is 13.8. The highest BCUT2D eigenvalue weighted by molar-refractivity contribution is 6.04. The van der Waals surface area contributed by atoms with E-state index in [2.05, 4.69) is 54.0 Å². The number of nitriles is 1. The molecule has 0 saturated carbocycles. The topological polar surface area (TPSA) is 109 Å². The van der Waals surface area contributed by atoms with Gasteiger partial charge in [0, 0.05) is 45.2 Å². The number of halogens is 1. The van der Waals surface area contributed by atoms with E-state index in [0.717, 1.165) is 43.6 Å². The van der Waals surface area contributed by atoms with Gasteiger partial charge in [0.1, 0.15) is 5.69 Å². The minimum atomic E-state index is -1.04. The van der Waals surface area contributed by atoms with Crippen LogP contribution in [0.15, 0.2) is 36.7 Å². The molecule has 2 fully saturated rings. The van der Waals surface area contributed by atoms with Crippen molar-refractivity contribution in [3.8, 4) is 6.07 Å². The molecule has 11 heteroatoms. The van der Waals surface area contributed by atoms with Crippen molar-refractivity contribution in [1.82, 2.24) is 19.8 Å². The maximum absolute atomic E-state index is 14.0. The molecule has 2 aromatic rings. The lowest BCUT2D eigenvalue weighted by Gasteiger charge is -2.46. The number of hydrogen-bond donors (Lipinski definition) is 1. The Kier molecular flexibility index (Phi) is 6.90. The maximum atomic E-state index is 14.0. The Hall–Kier alpha value is -4.04. The summed E-state index contributed by atoms with van der Waals surface area (Å²) in [5, 5.41) is 12.7. The molecule has 1 aromatic heterocycles. The number of nitrogens with zero attached hydrogens (tertiary/aromatic N) is 7. The molecule has 41 heavy (non-hydrogen) atoms. The van der Waals surface area contributed by atoms with Gasteiger partial charge in [-0.1, -0.05) is 30.8 Å². The molecule has 214 valence electrons. The molecule has 2 unspecified atom stereocenters. The summed E-state index contributed by atoms with van der Waals surface area (Å²) in [4.78, 5) is 44.2. The number of carbonyl (C=O) groups excluding carboxylic acids is 2. The fourth-order valence-electron chi connectivity index (χ4n) is 6.74. The van der Waals surface area contributed by atoms with Crippen LogP contribution in [0.1, 0.15) is 36.1 Å². The van der Waals surface area contributed by atoms with Gasteiger partial charge in [-0.25, -0.2) is 9.37 Å². The first kappa shape index (κ1) is 27.1. The minimum absolute atomic E-state index is 0.0402. The highest BCUT2D eigenvalue weighted by Crippen LogP contribution is 2.46. The fourth-order valence-corrected chi connectivity index (χ4v) is 6.74. The fraction of sp³-hybridized carbons (Fsp3) is 0.500. The first-order valence-electron chi connectivity index (χ1n) is 14.2. The predicted molar refractivity (Wildman–Crippen MR) is 153 cm³/mol. The van der Waals surface area contributed by atoms with Crippen molar-refractivity contribution in [2.24, 2.45) is 0 Å². The van der Waals surface area contributed by atoms with E-state index < -0.39 is 23.2 Å². The molecule has 1 aromatic carbocycles. The van der Waals surface area contributed by atoms with Crippen molar-refractivity contribution in [3.05, 3.63) is 53.5 Å². The largest absolute Gasteiger partial charge is 0.351 e. The smallest absolute Gasteiger partial charge is 0.282 e. The lowest BCUT2D eigenvalue weighted by Crippen LogP contribution is -2.58. The standard InChI is InChI=1S/C30H35FN8O2/c1-19(31)27(40)39-14-13-37(16-21(39)10-12-32)26-25-24(33-29(35-26)38-17-22(18-38)36(2)3)15-30(28(41)34-25)11-6-8-20-7-4-5-9-23(20)30/h4-5,7,9,21-22H,1,6,8,10-11,13-18H2,2-3H3,(H,34,41). The average Bonchev–Trinajstić information content (AvgIpc) is 2.92. The second kappa shape index (κ2) is 10.4. The lowest BCUT2D eigenvalue weighted by molar-refractivity contribution is -0.131. The van der Waals surface area contributed by atoms with Gasteiger partial charge < -0.3 is 24.9 Å². The maximum Gasteiger partial charge on any atom is 0.282 e. The molecule has 0 bridgehead atoms. The number of carbonyl (C=O) groups is 2. The Morgan fingerprint density at radius 1 is 1.22 bits per heavy atom. The second-order valence-corrected chi connectivity index (χ2v) is 11.8. The van der Waals surface area contributed by atoms with E-state index in [4.69, 9.17) is 9.97 Å². The van der Waals surface area contributed by atoms with Crippen molar-refractivity contribution in [1.29, 1.82) is 5.26 Å². The number of piperazine rings is 1. The number of likely N-dealkylation sites (N-methyl/N-ethyl adjacent to an activating group) is 1. The van der Waals surface area contributed by atoms with E-state index in [0.29, 0.717) is 36.5 Å². The van der Waals surface area contributed by atoms with Crippen LogP contribution in [0.3, 0.4) is 0 Å². The zero-order valence-corrected chi connectivity index (χ0v) is 23.6. The molecular formula is C30H35FN8O2. The molecule has 1 aliphatic carbocycles. The molecule has 4 heterocycles. The van der Waals surface area contributed by atoms with Crippen LogP contribution in [-0.2, 0) is 27.8 Å². The summed E-state index contributed by atoms with van der Waals surface area (Å²) >= 11 is 0. The van der Waals surface area contributed by atoms with E-state index in [1.807, 2.05) is 17.0 Å². The second-order valence-electron chi connectivity index (χ2n) is 11.8. The zero-order chi connectivity index (χ0) is 28.9. The van der Waals surface area contributed by atoms with Gasteiger partial charge in [0.25, 0.3) is 5.91 Å². The number of aromatic nitrogens is 2. The SMILES string of the molecule is C=C(F)C(=O)N1CCN(c2nc(N3CC(N(C)C)C3)nc3c2NC(=O)C2(CCCc4ccccc42)C3)CC1CC#N. The van der Waals surface area contributed by atoms with Crippen molar-refractivity contribution in [3.63, 3.8) is 0 Å². The van der Waals surface area contributed by atoms with Gasteiger partial charge in [0.15, 0.2) is 11.6 Å². The van der Waals surface area contributed by atoms with Crippen LogP contribution in [-0.4, -0.2) is 90.5 Å². The van der Waals surface area contributed by atoms with Gasteiger partial charge in [-0.05, 0) is 44.5 Å². The normalized spacial score (nSPS) is 23.9. The first-order chi connectivity index (χ1) is 19.7. The van der Waals surface area contributed by atoms with Crippen LogP contribution in [0.4, 0.5) is 21.8 Å². The van der Waals surface area contributed by atoms with Crippen LogP contribution >= 0.6 is 0 Å². The summed E-state index contributed by atoms with van der Waals surface area (Å²) in [6.07, 6.45) is 3.13. The first-order valence-corrected chi connectivity index (χ1v) is 14.2. The third-order valence-electron chi connectivity index (χ3n) is 9.16. The molecule has 10 nitrogen and oxygen atoms in total. The van der Waals surface area contributed by atoms with Crippen LogP contribution in [0.5, 0.6) is 0 Å². The highest BCUT2D eigenvalue weighted by Gasteiger charge is 2.48. The highest BCUT2D eigenvalue weighted by atomic mass is 19.1. The number of fused-ring (bicyclic) bond motifs is 3. The van der Waals surface area contributed by atoms with E-state index >= 15 is 0 Å². The van der Waals surface area contributed by atoms with Gasteiger partial charge >= 0.3 is 0 Å². The van der Waals surface area contributed by atoms with Gasteiger partial charge in [-0.15, -0.1) is 0 Å². The van der Waals surface area contributed by atoms with E-state index in [1.54, 1.807) is 0 Å². The van der Waals surface area contributed by atoms with Crippen LogP contribution in [0.25, 0.3) is 0 Å². The Balaban J connectivity index is 1.40. The summed E-state index contributed by atoms with van der Waals surface area (Å²) in [5.74, 6) is -0.694. The number of anilines is 3. The Morgan fingerprint density at radius 2 is 2.00 bits per heavy atom. The van der Waals surface area contributed by atoms with E-state index in [1.165, 1.54) is 10.5 Å². The number of amides is 2. The van der Waals surface area contributed by atoms with E-state index in [9.17, 15) is 19.2 Å². The van der Waals surface area contributed by atoms with Crippen LogP contribution in [0, 0.1) is 11.3 Å². The van der Waals surface area contributed by atoms with Gasteiger partial charge in [-0.3, -0.25) is 9.59 Å². The summed E-state index contributed by atoms with van der Waals surface area (Å²) in [6, 6.07) is 10.2. The van der Waals surface area contributed by atoms with Gasteiger partial charge in [-0.2, -0.15) is 10.2 Å². The van der Waals surface area contributed by atoms with Crippen molar-refractivity contribution >= 4 is 29.3 Å². The zero-order valence-electron chi connectivity index (χ0n) is 23.6. The molecule has 2 saturated heterocycles. The molecule has 2 amide bonds. The Labute approximate surface area is 239 Å². The molecule has 6 rings (SSSR count). The number of aryl methyl sites for hydroxylation is 1. The van der Waals surface area contributed by atoms with Crippen molar-refractivity contribution < 1.29 is 14.0 Å². The molecular weight excluding hydrogens is 523 g/mol. The van der Waals surface area contributed by atoms with Gasteiger partial charge in [0.05, 0.1) is 29.6 Å². The summed E-state index contributed by atoms with van der Waals surface area (Å²) in [6.45, 7) is 5.60. The molecule has 0 radical (unpaired) electrons. The summed E-state index contributed by atoms with van der Waals surface area (Å²) in [5.41, 5.74) is 2.96. The van der Waals surface area contributed by atoms with Crippen LogP contribution < -0.4 is 15.1 Å². The van der Waals surface area contributed by atoms with Crippen LogP contribution in [0.2, 0.25) is 0 Å². The van der Waals surface area contributed by atoms with Crippen molar-refractivity contribution in [2.75, 3.05) is 61.9 Å². The molecule has 4 aliphatic rings. The average molecular weight is 559 g/mol. The molecule has 2 atom stereocenters. The monoisotopic (exact) mass is 558 g/mol. The minimum Gasteiger partial charge on any atom is -0.351 e. The third-order valence-corrected chi connectivity index (χ3v) is 9.16. The predicted octanol–water partition coefficient (Wildman–Crippen LogP) is 2.41. The summed E-state index contributed by atoms with van der Waals surface area (Å²) in [7, 11) is 4.12. The number of hydrogen-bond acceptors (Lipinski definition) is 8. The molecule has 3 aliphatic heterocycles. The van der Waals surface area contributed by atoms with E-state index in [-0.39, 0.29) is 25.4 Å². The third kappa shape index (κ3) is 4.60. The molecule has 1 N–H and O–H groups in total. The number of nitrogens with one attached hydrogen (secondary N) is 1. The molecule has 1 spiro atoms. The Bertz CT molecular complexity index is 1450. The number of benzene rings is 1. The quantitative estimate of drug-likeness (QED) is 0.558. The number of rotatable bonds is 5. The van der Waals surface area contributed by atoms with Crippen molar-refractivity contribution in [2.45, 2.75) is 49.6 Å². The van der Waals surface area contributed by atoms with Gasteiger partial charge in [0.2, 0.25) is 11.9 Å². The Morgan fingerprint density at radius 3 is 2.73 bits per heavy atom.